The topological polar surface area (TPSA) is 149 Å². The van der Waals surface area contributed by atoms with Crippen molar-refractivity contribution >= 4 is 70.3 Å². The molecule has 0 bridgehead atoms. The minimum Gasteiger partial charge on any atom is -0.478 e. The lowest BCUT2D eigenvalue weighted by atomic mass is 9.73. The molecule has 0 amide bonds. The highest BCUT2D eigenvalue weighted by Crippen LogP contribution is 2.46. The summed E-state index contributed by atoms with van der Waals surface area (Å²) in [4.78, 5) is 46.6. The van der Waals surface area contributed by atoms with Gasteiger partial charge in [-0.2, -0.15) is 0 Å². The maximum atomic E-state index is 11.7. The van der Waals surface area contributed by atoms with Gasteiger partial charge in [0.15, 0.2) is 0 Å². The summed E-state index contributed by atoms with van der Waals surface area (Å²) in [5, 5.41) is 37.8. The third kappa shape index (κ3) is 6.22. The van der Waals surface area contributed by atoms with Gasteiger partial charge in [0.1, 0.15) is 0 Å². The van der Waals surface area contributed by atoms with Gasteiger partial charge < -0.3 is 20.4 Å². The Kier molecular flexibility index (Phi) is 9.13. The van der Waals surface area contributed by atoms with Crippen LogP contribution in [0.5, 0.6) is 0 Å². The van der Waals surface area contributed by atoms with E-state index in [0.29, 0.717) is 22.3 Å². The molecule has 0 saturated carbocycles. The van der Waals surface area contributed by atoms with Gasteiger partial charge in [0.25, 0.3) is 0 Å². The van der Waals surface area contributed by atoms with Gasteiger partial charge in [-0.25, -0.2) is 19.2 Å². The van der Waals surface area contributed by atoms with Crippen molar-refractivity contribution in [3.05, 3.63) is 137 Å². The Bertz CT molecular complexity index is 1510. The maximum absolute atomic E-state index is 11.7. The standard InChI is InChI=1S/C30H18Cl4O8/c31-21-9-13(1-5-17(21)27(35)36)25(14-2-6-18(28(37)38)22(32)10-14)26(15-3-7-19(29(39)40)23(33)11-15)16-4-8-20(30(41)42)24(34)12-16/h1-12,25-26H,(H,35,36)(H,37,38)(H,39,40)(H,41,42). The molecular weight excluding hydrogens is 630 g/mol. The van der Waals surface area contributed by atoms with E-state index in [4.69, 9.17) is 46.4 Å². The van der Waals surface area contributed by atoms with E-state index in [1.807, 2.05) is 0 Å². The van der Waals surface area contributed by atoms with Gasteiger partial charge >= 0.3 is 23.9 Å². The molecule has 0 heterocycles. The molecule has 214 valence electrons. The van der Waals surface area contributed by atoms with E-state index in [1.54, 1.807) is 0 Å². The zero-order valence-electron chi connectivity index (χ0n) is 21.0. The number of carbonyl (C=O) groups is 4. The second-order valence-electron chi connectivity index (χ2n) is 9.13. The molecule has 0 atom stereocenters. The lowest BCUT2D eigenvalue weighted by Gasteiger charge is -2.30. The van der Waals surface area contributed by atoms with Crippen LogP contribution in [0.2, 0.25) is 20.1 Å². The Morgan fingerprint density at radius 2 is 0.595 bits per heavy atom. The number of hydrogen-bond donors (Lipinski definition) is 4. The first-order valence-electron chi connectivity index (χ1n) is 11.9. The van der Waals surface area contributed by atoms with Crippen LogP contribution in [0.15, 0.2) is 72.8 Å². The SMILES string of the molecule is O=C(O)c1ccc(C(c2ccc(C(=O)O)c(Cl)c2)C(c2ccc(C(=O)O)c(Cl)c2)c2ccc(C(=O)O)c(Cl)c2)cc1Cl. The Balaban J connectivity index is 2.07. The van der Waals surface area contributed by atoms with E-state index < -0.39 is 35.7 Å². The van der Waals surface area contributed by atoms with E-state index in [0.717, 1.165) is 0 Å². The van der Waals surface area contributed by atoms with Crippen molar-refractivity contribution in [3.63, 3.8) is 0 Å². The highest BCUT2D eigenvalue weighted by molar-refractivity contribution is 6.35. The van der Waals surface area contributed by atoms with Gasteiger partial charge in [0.2, 0.25) is 0 Å². The van der Waals surface area contributed by atoms with Crippen molar-refractivity contribution in [2.45, 2.75) is 11.8 Å². The van der Waals surface area contributed by atoms with Crippen molar-refractivity contribution in [3.8, 4) is 0 Å². The molecule has 0 unspecified atom stereocenters. The fraction of sp³-hybridized carbons (Fsp3) is 0.0667. The minimum absolute atomic E-state index is 0.0736. The molecule has 12 heteroatoms. The number of rotatable bonds is 9. The summed E-state index contributed by atoms with van der Waals surface area (Å²) < 4.78 is 0. The number of aromatic carboxylic acids is 4. The van der Waals surface area contributed by atoms with Crippen molar-refractivity contribution in [1.82, 2.24) is 0 Å². The maximum Gasteiger partial charge on any atom is 0.337 e. The van der Waals surface area contributed by atoms with Crippen LogP contribution in [0.25, 0.3) is 0 Å². The highest BCUT2D eigenvalue weighted by atomic mass is 35.5. The quantitative estimate of drug-likeness (QED) is 0.142. The molecule has 0 aromatic heterocycles. The molecule has 42 heavy (non-hydrogen) atoms. The van der Waals surface area contributed by atoms with Crippen molar-refractivity contribution in [2.75, 3.05) is 0 Å². The summed E-state index contributed by atoms with van der Waals surface area (Å²) in [6.45, 7) is 0. The third-order valence-corrected chi connectivity index (χ3v) is 7.91. The van der Waals surface area contributed by atoms with Crippen LogP contribution in [0.3, 0.4) is 0 Å². The van der Waals surface area contributed by atoms with E-state index >= 15 is 0 Å². The van der Waals surface area contributed by atoms with Crippen molar-refractivity contribution in [1.29, 1.82) is 0 Å². The monoisotopic (exact) mass is 646 g/mol. The lowest BCUT2D eigenvalue weighted by molar-refractivity contribution is 0.0686. The van der Waals surface area contributed by atoms with Gasteiger partial charge in [0.05, 0.1) is 42.3 Å². The van der Waals surface area contributed by atoms with Crippen LogP contribution >= 0.6 is 46.4 Å². The second-order valence-corrected chi connectivity index (χ2v) is 10.8. The average Bonchev–Trinajstić information content (AvgIpc) is 2.90. The summed E-state index contributed by atoms with van der Waals surface area (Å²) in [7, 11) is 0. The summed E-state index contributed by atoms with van der Waals surface area (Å²) >= 11 is 25.4. The van der Waals surface area contributed by atoms with E-state index in [2.05, 4.69) is 0 Å². The number of hydrogen-bond acceptors (Lipinski definition) is 4. The predicted octanol–water partition coefficient (Wildman–Crippen LogP) is 8.06. The lowest BCUT2D eigenvalue weighted by Crippen LogP contribution is -2.16. The summed E-state index contributed by atoms with van der Waals surface area (Å²) in [6.07, 6.45) is 0. The van der Waals surface area contributed by atoms with Gasteiger partial charge in [0, 0.05) is 11.8 Å². The molecule has 4 rings (SSSR count). The number of carboxylic acids is 4. The molecule has 0 saturated heterocycles. The van der Waals surface area contributed by atoms with Crippen LogP contribution in [-0.2, 0) is 0 Å². The molecular formula is C30H18Cl4O8. The van der Waals surface area contributed by atoms with Crippen LogP contribution in [0.4, 0.5) is 0 Å². The first kappa shape index (κ1) is 30.9. The minimum atomic E-state index is -1.25. The molecule has 4 N–H and O–H groups in total. The van der Waals surface area contributed by atoms with Gasteiger partial charge in [-0.15, -0.1) is 0 Å². The third-order valence-electron chi connectivity index (χ3n) is 6.66. The normalized spacial score (nSPS) is 11.1. The average molecular weight is 648 g/mol. The summed E-state index contributed by atoms with van der Waals surface area (Å²) in [6, 6.07) is 17.2. The first-order valence-corrected chi connectivity index (χ1v) is 13.4. The smallest absolute Gasteiger partial charge is 0.337 e. The van der Waals surface area contributed by atoms with Crippen LogP contribution in [0, 0.1) is 0 Å². The Labute approximate surface area is 258 Å². The predicted molar refractivity (Wildman–Crippen MR) is 157 cm³/mol. The Hall–Kier alpha value is -4.08. The van der Waals surface area contributed by atoms with Crippen molar-refractivity contribution in [2.24, 2.45) is 0 Å². The number of carboxylic acid groups (broad SMARTS) is 4. The molecule has 0 aliphatic heterocycles. The van der Waals surface area contributed by atoms with Crippen molar-refractivity contribution < 1.29 is 39.6 Å². The fourth-order valence-corrected chi connectivity index (χ4v) is 5.83. The molecule has 0 fully saturated rings. The first-order chi connectivity index (χ1) is 19.8. The molecule has 4 aromatic rings. The fourth-order valence-electron chi connectivity index (χ4n) is 4.75. The molecule has 0 spiro atoms. The number of benzene rings is 4. The van der Waals surface area contributed by atoms with Gasteiger partial charge in [-0.05, 0) is 70.8 Å². The van der Waals surface area contributed by atoms with E-state index in [1.165, 1.54) is 72.8 Å². The largest absolute Gasteiger partial charge is 0.478 e. The molecule has 4 aromatic carbocycles. The number of halogens is 4. The Morgan fingerprint density at radius 3 is 0.738 bits per heavy atom. The summed E-state index contributed by atoms with van der Waals surface area (Å²) in [5.74, 6) is -6.55. The van der Waals surface area contributed by atoms with Crippen LogP contribution < -0.4 is 0 Å². The second kappa shape index (κ2) is 12.4. The van der Waals surface area contributed by atoms with Crippen LogP contribution in [0.1, 0.15) is 75.5 Å². The molecule has 0 radical (unpaired) electrons. The Morgan fingerprint density at radius 1 is 0.405 bits per heavy atom. The van der Waals surface area contributed by atoms with Crippen LogP contribution in [-0.4, -0.2) is 44.3 Å². The van der Waals surface area contributed by atoms with E-state index in [-0.39, 0.29) is 42.3 Å². The highest BCUT2D eigenvalue weighted by Gasteiger charge is 2.31. The molecule has 8 nitrogen and oxygen atoms in total. The zero-order valence-corrected chi connectivity index (χ0v) is 24.0. The molecule has 0 aliphatic carbocycles. The zero-order chi connectivity index (χ0) is 30.9. The van der Waals surface area contributed by atoms with Gasteiger partial charge in [-0.3, -0.25) is 0 Å². The molecule has 0 aliphatic rings. The van der Waals surface area contributed by atoms with E-state index in [9.17, 15) is 39.6 Å². The van der Waals surface area contributed by atoms with Gasteiger partial charge in [-0.1, -0.05) is 70.7 Å². The summed E-state index contributed by atoms with van der Waals surface area (Å²) in [5.41, 5.74) is 1.29.